The lowest BCUT2D eigenvalue weighted by molar-refractivity contribution is 0.168. The quantitative estimate of drug-likeness (QED) is 0.505. The molecule has 0 spiro atoms. The van der Waals surface area contributed by atoms with E-state index in [0.717, 1.165) is 0 Å². The van der Waals surface area contributed by atoms with Crippen LogP contribution in [0.15, 0.2) is 23.6 Å². The molecule has 2 bridgehead atoms. The first kappa shape index (κ1) is 7.76. The summed E-state index contributed by atoms with van der Waals surface area (Å²) in [5.41, 5.74) is -6.08. The van der Waals surface area contributed by atoms with Crippen molar-refractivity contribution in [2.75, 3.05) is 0 Å². The zero-order valence-corrected chi connectivity index (χ0v) is 5.67. The molecule has 0 aromatic rings. The maximum Gasteiger partial charge on any atom is 0.219 e. The normalized spacial score (nSPS) is 45.6. The summed E-state index contributed by atoms with van der Waals surface area (Å²) in [5.74, 6) is -5.39. The Bertz CT molecular complexity index is 318. The lowest BCUT2D eigenvalue weighted by Crippen LogP contribution is -2.19. The zero-order valence-electron chi connectivity index (χ0n) is 5.67. The van der Waals surface area contributed by atoms with Gasteiger partial charge in [-0.3, -0.25) is 0 Å². The van der Waals surface area contributed by atoms with Crippen molar-refractivity contribution in [2.45, 2.75) is 17.8 Å². The number of allylic oxidation sites excluding steroid dienone is 4. The average molecular weight is 182 g/mol. The van der Waals surface area contributed by atoms with Crippen LogP contribution in [-0.4, -0.2) is 11.3 Å². The zero-order chi connectivity index (χ0) is 9.15. The SMILES string of the molecule is FC1=CC2(F)CC1(F)C(F)=C2F. The van der Waals surface area contributed by atoms with Crippen molar-refractivity contribution in [1.82, 2.24) is 0 Å². The first-order chi connectivity index (χ1) is 5.40. The maximum atomic E-state index is 13.0. The third kappa shape index (κ3) is 0.585. The monoisotopic (exact) mass is 182 g/mol. The molecule has 12 heavy (non-hydrogen) atoms. The molecule has 0 nitrogen and oxygen atoms in total. The van der Waals surface area contributed by atoms with E-state index in [-0.39, 0.29) is 6.08 Å². The molecule has 0 radical (unpaired) electrons. The first-order valence-electron chi connectivity index (χ1n) is 3.23. The van der Waals surface area contributed by atoms with E-state index in [1.165, 1.54) is 0 Å². The molecule has 0 aliphatic heterocycles. The van der Waals surface area contributed by atoms with Crippen LogP contribution in [0.5, 0.6) is 0 Å². The van der Waals surface area contributed by atoms with E-state index in [4.69, 9.17) is 0 Å². The van der Waals surface area contributed by atoms with Crippen molar-refractivity contribution in [3.8, 4) is 0 Å². The summed E-state index contributed by atoms with van der Waals surface area (Å²) in [6, 6.07) is 0. The van der Waals surface area contributed by atoms with Crippen LogP contribution in [-0.2, 0) is 0 Å². The third-order valence-electron chi connectivity index (χ3n) is 2.14. The second-order valence-corrected chi connectivity index (χ2v) is 2.96. The molecule has 5 heteroatoms. The van der Waals surface area contributed by atoms with Gasteiger partial charge in [-0.1, -0.05) is 0 Å². The van der Waals surface area contributed by atoms with Gasteiger partial charge in [0.25, 0.3) is 0 Å². The molecule has 0 saturated carbocycles. The second-order valence-electron chi connectivity index (χ2n) is 2.96. The fourth-order valence-corrected chi connectivity index (χ4v) is 1.49. The number of alkyl halides is 2. The molecule has 0 aromatic heterocycles. The van der Waals surface area contributed by atoms with Crippen molar-refractivity contribution >= 4 is 0 Å². The Hall–Kier alpha value is -0.870. The van der Waals surface area contributed by atoms with Gasteiger partial charge in [0.1, 0.15) is 5.83 Å². The van der Waals surface area contributed by atoms with Crippen molar-refractivity contribution < 1.29 is 22.0 Å². The van der Waals surface area contributed by atoms with E-state index in [9.17, 15) is 22.0 Å². The largest absolute Gasteiger partial charge is 0.231 e. The molecule has 66 valence electrons. The van der Waals surface area contributed by atoms with E-state index in [0.29, 0.717) is 0 Å². The van der Waals surface area contributed by atoms with E-state index < -0.39 is 35.2 Å². The minimum Gasteiger partial charge on any atom is -0.231 e. The topological polar surface area (TPSA) is 0 Å². The number of hydrogen-bond donors (Lipinski definition) is 0. The van der Waals surface area contributed by atoms with Crippen molar-refractivity contribution in [3.63, 3.8) is 0 Å². The first-order valence-corrected chi connectivity index (χ1v) is 3.23. The molecule has 0 amide bonds. The molecule has 2 aliphatic rings. The fourth-order valence-electron chi connectivity index (χ4n) is 1.49. The fraction of sp³-hybridized carbons (Fsp3) is 0.429. The third-order valence-corrected chi connectivity index (χ3v) is 2.14. The van der Waals surface area contributed by atoms with Crippen molar-refractivity contribution in [1.29, 1.82) is 0 Å². The Morgan fingerprint density at radius 1 is 1.08 bits per heavy atom. The van der Waals surface area contributed by atoms with Crippen LogP contribution in [0.4, 0.5) is 22.0 Å². The predicted molar refractivity (Wildman–Crippen MR) is 30.7 cm³/mol. The van der Waals surface area contributed by atoms with Crippen LogP contribution in [0.2, 0.25) is 0 Å². The second kappa shape index (κ2) is 1.72. The van der Waals surface area contributed by atoms with E-state index in [2.05, 4.69) is 0 Å². The maximum absolute atomic E-state index is 13.0. The molecule has 0 saturated heterocycles. The minimum absolute atomic E-state index is 0.144. The molecule has 0 fully saturated rings. The number of fused-ring (bicyclic) bond motifs is 2. The number of rotatable bonds is 0. The Balaban J connectivity index is 2.61. The Morgan fingerprint density at radius 3 is 2.00 bits per heavy atom. The Kier molecular flexibility index (Phi) is 1.12. The minimum atomic E-state index is -3.18. The molecule has 0 aromatic carbocycles. The number of hydrogen-bond acceptors (Lipinski definition) is 0. The van der Waals surface area contributed by atoms with Crippen LogP contribution in [0.1, 0.15) is 6.42 Å². The van der Waals surface area contributed by atoms with Gasteiger partial charge in [-0.25, -0.2) is 22.0 Å². The Morgan fingerprint density at radius 2 is 1.67 bits per heavy atom. The highest BCUT2D eigenvalue weighted by Crippen LogP contribution is 2.58. The van der Waals surface area contributed by atoms with Gasteiger partial charge in [0.05, 0.1) is 0 Å². The number of halogens is 5. The van der Waals surface area contributed by atoms with Gasteiger partial charge in [0, 0.05) is 6.42 Å². The highest BCUT2D eigenvalue weighted by molar-refractivity contribution is 5.49. The van der Waals surface area contributed by atoms with Gasteiger partial charge < -0.3 is 0 Å². The lowest BCUT2D eigenvalue weighted by Gasteiger charge is -2.12. The summed E-state index contributed by atoms with van der Waals surface area (Å²) >= 11 is 0. The average Bonchev–Trinajstić information content (AvgIpc) is 2.29. The van der Waals surface area contributed by atoms with Crippen LogP contribution >= 0.6 is 0 Å². The van der Waals surface area contributed by atoms with Crippen molar-refractivity contribution in [2.24, 2.45) is 0 Å². The van der Waals surface area contributed by atoms with E-state index in [1.54, 1.807) is 0 Å². The summed E-state index contributed by atoms with van der Waals surface area (Å²) in [5, 5.41) is 0. The molecular formula is C7H3F5. The molecule has 2 rings (SSSR count). The Labute approximate surface area is 64.4 Å². The van der Waals surface area contributed by atoms with E-state index in [1.807, 2.05) is 0 Å². The smallest absolute Gasteiger partial charge is 0.219 e. The van der Waals surface area contributed by atoms with Gasteiger partial charge in [0.2, 0.25) is 5.67 Å². The molecule has 2 unspecified atom stereocenters. The van der Waals surface area contributed by atoms with Gasteiger partial charge in [-0.05, 0) is 6.08 Å². The summed E-state index contributed by atoms with van der Waals surface area (Å²) < 4.78 is 63.5. The molecular weight excluding hydrogens is 179 g/mol. The highest BCUT2D eigenvalue weighted by Gasteiger charge is 2.64. The molecule has 0 heterocycles. The lowest BCUT2D eigenvalue weighted by atomic mass is 10.1. The molecule has 2 atom stereocenters. The van der Waals surface area contributed by atoms with Gasteiger partial charge in [0.15, 0.2) is 17.3 Å². The van der Waals surface area contributed by atoms with Crippen LogP contribution in [0.3, 0.4) is 0 Å². The van der Waals surface area contributed by atoms with Gasteiger partial charge in [-0.2, -0.15) is 0 Å². The summed E-state index contributed by atoms with van der Waals surface area (Å²) in [4.78, 5) is 0. The summed E-state index contributed by atoms with van der Waals surface area (Å²) in [7, 11) is 0. The summed E-state index contributed by atoms with van der Waals surface area (Å²) in [6.07, 6.45) is -1.01. The van der Waals surface area contributed by atoms with E-state index >= 15 is 0 Å². The predicted octanol–water partition coefficient (Wildman–Crippen LogP) is 2.82. The van der Waals surface area contributed by atoms with Crippen LogP contribution in [0.25, 0.3) is 0 Å². The molecule has 2 aliphatic carbocycles. The summed E-state index contributed by atoms with van der Waals surface area (Å²) in [6.45, 7) is 0. The van der Waals surface area contributed by atoms with Crippen LogP contribution in [0, 0.1) is 0 Å². The van der Waals surface area contributed by atoms with Crippen LogP contribution < -0.4 is 0 Å². The standard InChI is InChI=1S/C7H3F5/c8-3-1-6(11)2-7(3,12)5(10)4(6)9/h1H,2H2. The van der Waals surface area contributed by atoms with Gasteiger partial charge in [-0.15, -0.1) is 0 Å². The van der Waals surface area contributed by atoms with Crippen molar-refractivity contribution in [3.05, 3.63) is 23.6 Å². The molecule has 0 N–H and O–H groups in total. The highest BCUT2D eigenvalue weighted by atomic mass is 19.2. The van der Waals surface area contributed by atoms with Gasteiger partial charge >= 0.3 is 0 Å².